The predicted molar refractivity (Wildman–Crippen MR) is 142 cm³/mol. The molecule has 212 valence electrons. The summed E-state index contributed by atoms with van der Waals surface area (Å²) in [5.41, 5.74) is 9.90. The fourth-order valence-corrected chi connectivity index (χ4v) is 4.93. The number of hydrogen-bond acceptors (Lipinski definition) is 7. The molecule has 3 aromatic rings. The highest BCUT2D eigenvalue weighted by molar-refractivity contribution is 7.89. The van der Waals surface area contributed by atoms with Crippen LogP contribution >= 0.6 is 0 Å². The summed E-state index contributed by atoms with van der Waals surface area (Å²) in [5.74, 6) is -3.08. The van der Waals surface area contributed by atoms with E-state index in [0.29, 0.717) is 28.9 Å². The molecule has 6 N–H and O–H groups in total. The molecule has 10 nitrogen and oxygen atoms in total. The van der Waals surface area contributed by atoms with Gasteiger partial charge in [0.25, 0.3) is 0 Å². The number of carbonyl (C=O) groups excluding carboxylic acids is 1. The van der Waals surface area contributed by atoms with Crippen LogP contribution in [0.25, 0.3) is 11.1 Å². The van der Waals surface area contributed by atoms with Crippen molar-refractivity contribution in [3.05, 3.63) is 77.9 Å². The highest BCUT2D eigenvalue weighted by atomic mass is 32.2. The summed E-state index contributed by atoms with van der Waals surface area (Å²) in [6.45, 7) is 0. The summed E-state index contributed by atoms with van der Waals surface area (Å²) >= 11 is 0. The summed E-state index contributed by atoms with van der Waals surface area (Å²) in [4.78, 5) is 21.9. The third-order valence-corrected chi connectivity index (χ3v) is 7.51. The van der Waals surface area contributed by atoms with Crippen LogP contribution in [-0.2, 0) is 19.6 Å². The Morgan fingerprint density at radius 3 is 2.25 bits per heavy atom. The molecule has 1 aliphatic carbocycles. The van der Waals surface area contributed by atoms with Gasteiger partial charge in [0.2, 0.25) is 15.9 Å². The number of alkyl halides is 3. The number of hydrogen-bond donors (Lipinski definition) is 5. The topological polar surface area (TPSA) is 171 Å². The van der Waals surface area contributed by atoms with Crippen LogP contribution < -0.4 is 15.8 Å². The van der Waals surface area contributed by atoms with Crippen LogP contribution in [0.1, 0.15) is 23.5 Å². The molecule has 40 heavy (non-hydrogen) atoms. The van der Waals surface area contributed by atoms with Crippen LogP contribution in [0.4, 0.5) is 24.5 Å². The van der Waals surface area contributed by atoms with E-state index in [4.69, 9.17) is 20.8 Å². The number of aliphatic carboxylic acids is 1. The van der Waals surface area contributed by atoms with Gasteiger partial charge < -0.3 is 21.4 Å². The molecule has 1 fully saturated rings. The SMILES string of the molecule is CNS(=O)(=O)c1ccccc1-c1ccc(NC(=O)[C@@H]2C[C@@H]2c2cccc(N)c2C=NO)cc1.O=C(O)C(F)(F)F. The van der Waals surface area contributed by atoms with E-state index in [1.165, 1.54) is 13.3 Å². The van der Waals surface area contributed by atoms with Crippen molar-refractivity contribution in [2.24, 2.45) is 11.1 Å². The maximum Gasteiger partial charge on any atom is 0.490 e. The molecule has 1 amide bonds. The Labute approximate surface area is 227 Å². The lowest BCUT2D eigenvalue weighted by Crippen LogP contribution is -2.21. The number of carbonyl (C=O) groups is 2. The van der Waals surface area contributed by atoms with Gasteiger partial charge in [-0.15, -0.1) is 0 Å². The maximum atomic E-state index is 12.8. The molecule has 0 spiro atoms. The molecule has 0 aliphatic heterocycles. The minimum Gasteiger partial charge on any atom is -0.475 e. The van der Waals surface area contributed by atoms with Crippen LogP contribution in [-0.4, -0.2) is 50.0 Å². The number of anilines is 2. The quantitative estimate of drug-likeness (QED) is 0.122. The third kappa shape index (κ3) is 7.15. The number of amides is 1. The van der Waals surface area contributed by atoms with Gasteiger partial charge in [-0.25, -0.2) is 17.9 Å². The molecule has 0 saturated heterocycles. The van der Waals surface area contributed by atoms with E-state index >= 15 is 0 Å². The van der Waals surface area contributed by atoms with E-state index in [-0.39, 0.29) is 22.6 Å². The van der Waals surface area contributed by atoms with E-state index in [0.717, 1.165) is 11.1 Å². The molecule has 1 aliphatic rings. The second-order valence-corrected chi connectivity index (χ2v) is 10.5. The lowest BCUT2D eigenvalue weighted by atomic mass is 10.0. The van der Waals surface area contributed by atoms with Crippen LogP contribution in [0, 0.1) is 5.92 Å². The number of nitrogens with zero attached hydrogens (tertiary/aromatic N) is 1. The summed E-state index contributed by atoms with van der Waals surface area (Å²) in [6, 6.07) is 19.2. The first-order valence-corrected chi connectivity index (χ1v) is 13.1. The van der Waals surface area contributed by atoms with Gasteiger partial charge in [0.1, 0.15) is 0 Å². The number of benzene rings is 3. The molecule has 14 heteroatoms. The smallest absolute Gasteiger partial charge is 0.475 e. The van der Waals surface area contributed by atoms with Gasteiger partial charge in [-0.3, -0.25) is 4.79 Å². The fraction of sp³-hybridized carbons (Fsp3) is 0.192. The second kappa shape index (κ2) is 12.2. The Morgan fingerprint density at radius 2 is 1.68 bits per heavy atom. The zero-order valence-corrected chi connectivity index (χ0v) is 21.7. The number of carboxylic acid groups (broad SMARTS) is 1. The average molecular weight is 579 g/mol. The molecular formula is C26H25F3N4O6S. The lowest BCUT2D eigenvalue weighted by Gasteiger charge is -2.11. The number of nitrogens with one attached hydrogen (secondary N) is 2. The van der Waals surface area contributed by atoms with E-state index in [1.54, 1.807) is 54.6 Å². The van der Waals surface area contributed by atoms with Crippen LogP contribution in [0.15, 0.2) is 76.8 Å². The Balaban J connectivity index is 0.000000559. The van der Waals surface area contributed by atoms with Gasteiger partial charge >= 0.3 is 12.1 Å². The number of rotatable bonds is 7. The minimum absolute atomic E-state index is 0.000555. The standard InChI is InChI=1S/C24H24N4O4S.C2HF3O2/c1-26-33(31,32)23-8-3-2-5-17(23)15-9-11-16(12-10-15)28-24(29)20-13-19(20)18-6-4-7-22(25)21(18)14-27-30;3-2(4,5)1(6)7/h2-12,14,19-20,26,30H,13,25H2,1H3,(H,28,29);(H,6,7)/t19-,20-;/m1./s1. The number of oxime groups is 1. The number of nitrogens with two attached hydrogens (primary N) is 1. The van der Waals surface area contributed by atoms with Crippen molar-refractivity contribution >= 4 is 39.5 Å². The molecular weight excluding hydrogens is 553 g/mol. The third-order valence-electron chi connectivity index (χ3n) is 6.04. The summed E-state index contributed by atoms with van der Waals surface area (Å²) < 4.78 is 58.7. The van der Waals surface area contributed by atoms with Gasteiger partial charge in [0.15, 0.2) is 0 Å². The highest BCUT2D eigenvalue weighted by Gasteiger charge is 2.45. The first-order valence-electron chi connectivity index (χ1n) is 11.6. The Kier molecular flexibility index (Phi) is 9.17. The molecule has 2 atom stereocenters. The van der Waals surface area contributed by atoms with Crippen LogP contribution in [0.3, 0.4) is 0 Å². The lowest BCUT2D eigenvalue weighted by molar-refractivity contribution is -0.192. The van der Waals surface area contributed by atoms with Crippen molar-refractivity contribution in [1.29, 1.82) is 0 Å². The molecule has 0 radical (unpaired) electrons. The van der Waals surface area contributed by atoms with Crippen LogP contribution in [0.2, 0.25) is 0 Å². The highest BCUT2D eigenvalue weighted by Crippen LogP contribution is 2.49. The first-order chi connectivity index (χ1) is 18.8. The fourth-order valence-electron chi connectivity index (χ4n) is 3.98. The van der Waals surface area contributed by atoms with Crippen molar-refractivity contribution in [2.75, 3.05) is 18.1 Å². The molecule has 4 rings (SSSR count). The zero-order chi connectivity index (χ0) is 29.7. The van der Waals surface area contributed by atoms with Crippen molar-refractivity contribution in [2.45, 2.75) is 23.4 Å². The number of carboxylic acids is 1. The number of nitrogen functional groups attached to an aromatic ring is 1. The molecule has 0 aromatic heterocycles. The van der Waals surface area contributed by atoms with Crippen molar-refractivity contribution in [3.8, 4) is 11.1 Å². The van der Waals surface area contributed by atoms with Crippen molar-refractivity contribution in [3.63, 3.8) is 0 Å². The Bertz CT molecular complexity index is 1530. The van der Waals surface area contributed by atoms with E-state index in [2.05, 4.69) is 15.2 Å². The normalized spacial score (nSPS) is 16.6. The van der Waals surface area contributed by atoms with Gasteiger partial charge in [-0.2, -0.15) is 13.2 Å². The Morgan fingerprint density at radius 1 is 1.05 bits per heavy atom. The summed E-state index contributed by atoms with van der Waals surface area (Å²) in [6.07, 6.45) is -3.11. The van der Waals surface area contributed by atoms with E-state index in [1.807, 2.05) is 12.1 Å². The molecule has 3 aromatic carbocycles. The largest absolute Gasteiger partial charge is 0.490 e. The minimum atomic E-state index is -5.08. The summed E-state index contributed by atoms with van der Waals surface area (Å²) in [7, 11) is -2.23. The monoisotopic (exact) mass is 578 g/mol. The van der Waals surface area contributed by atoms with E-state index < -0.39 is 22.2 Å². The maximum absolute atomic E-state index is 12.8. The molecule has 1 saturated carbocycles. The predicted octanol–water partition coefficient (Wildman–Crippen LogP) is 4.03. The summed E-state index contributed by atoms with van der Waals surface area (Å²) in [5, 5.41) is 22.1. The average Bonchev–Trinajstić information content (AvgIpc) is 3.71. The van der Waals surface area contributed by atoms with Gasteiger partial charge in [-0.05, 0) is 54.8 Å². The second-order valence-electron chi connectivity index (χ2n) is 8.62. The molecule has 0 heterocycles. The Hall–Kier alpha value is -4.43. The van der Waals surface area contributed by atoms with E-state index in [9.17, 15) is 26.4 Å². The molecule has 0 unspecified atom stereocenters. The van der Waals surface area contributed by atoms with Crippen molar-refractivity contribution in [1.82, 2.24) is 4.72 Å². The first kappa shape index (κ1) is 30.1. The van der Waals surface area contributed by atoms with Crippen molar-refractivity contribution < 1.29 is 41.5 Å². The number of sulfonamides is 1. The molecule has 0 bridgehead atoms. The van der Waals surface area contributed by atoms with Gasteiger partial charge in [-0.1, -0.05) is 47.6 Å². The zero-order valence-electron chi connectivity index (χ0n) is 20.9. The van der Waals surface area contributed by atoms with Crippen LogP contribution in [0.5, 0.6) is 0 Å². The van der Waals surface area contributed by atoms with Gasteiger partial charge in [0, 0.05) is 28.4 Å². The number of halogens is 3. The van der Waals surface area contributed by atoms with Gasteiger partial charge in [0.05, 0.1) is 11.1 Å².